The summed E-state index contributed by atoms with van der Waals surface area (Å²) in [4.78, 5) is 16.9. The number of nitrogens with one attached hydrogen (secondary N) is 1. The van der Waals surface area contributed by atoms with Gasteiger partial charge in [0.05, 0.1) is 5.69 Å². The zero-order chi connectivity index (χ0) is 18.0. The van der Waals surface area contributed by atoms with Crippen molar-refractivity contribution in [2.45, 2.75) is 65.3 Å². The van der Waals surface area contributed by atoms with Crippen LogP contribution in [-0.2, 0) is 11.2 Å². The third-order valence-corrected chi connectivity index (χ3v) is 5.36. The van der Waals surface area contributed by atoms with Crippen LogP contribution in [0.2, 0.25) is 0 Å². The molecule has 2 aromatic heterocycles. The zero-order valence-corrected chi connectivity index (χ0v) is 15.4. The Labute approximate surface area is 148 Å². The summed E-state index contributed by atoms with van der Waals surface area (Å²) in [5.41, 5.74) is 4.95. The maximum absolute atomic E-state index is 12.3. The lowest BCUT2D eigenvalue weighted by Crippen LogP contribution is -2.38. The van der Waals surface area contributed by atoms with Crippen molar-refractivity contribution in [3.05, 3.63) is 28.7 Å². The first-order valence-electron chi connectivity index (χ1n) is 9.20. The predicted molar refractivity (Wildman–Crippen MR) is 96.5 cm³/mol. The lowest BCUT2D eigenvalue weighted by Gasteiger charge is -2.28. The monoisotopic (exact) mass is 344 g/mol. The molecule has 0 bridgehead atoms. The molecule has 0 radical (unpaired) electrons. The van der Waals surface area contributed by atoms with Crippen molar-refractivity contribution in [1.29, 1.82) is 0 Å². The quantitative estimate of drug-likeness (QED) is 0.872. The van der Waals surface area contributed by atoms with E-state index in [4.69, 9.17) is 0 Å². The van der Waals surface area contributed by atoms with E-state index in [1.807, 2.05) is 31.4 Å². The Morgan fingerprint density at radius 2 is 2.00 bits per heavy atom. The molecule has 0 unspecified atom stereocenters. The average molecular weight is 344 g/mol. The first-order valence-corrected chi connectivity index (χ1v) is 9.20. The molecule has 3 rings (SSSR count). The molecule has 6 heteroatoms. The van der Waals surface area contributed by atoms with E-state index in [1.165, 1.54) is 0 Å². The molecule has 1 aliphatic rings. The van der Waals surface area contributed by atoms with Gasteiger partial charge < -0.3 is 10.4 Å². The number of hydrogen-bond acceptors (Lipinski definition) is 4. The summed E-state index contributed by atoms with van der Waals surface area (Å²) in [6.07, 6.45) is 5.08. The molecule has 0 atom stereocenters. The van der Waals surface area contributed by atoms with Gasteiger partial charge in [0.25, 0.3) is 0 Å². The van der Waals surface area contributed by atoms with Crippen molar-refractivity contribution in [3.8, 4) is 0 Å². The van der Waals surface area contributed by atoms with Gasteiger partial charge in [-0.25, -0.2) is 9.50 Å². The average Bonchev–Trinajstić information content (AvgIpc) is 2.96. The molecular weight excluding hydrogens is 316 g/mol. The molecular formula is C19H28N4O2. The highest BCUT2D eigenvalue weighted by Gasteiger charge is 2.22. The van der Waals surface area contributed by atoms with E-state index in [0.29, 0.717) is 18.8 Å². The number of nitrogens with zero attached hydrogens (tertiary/aromatic N) is 3. The maximum atomic E-state index is 12.3. The molecule has 0 aliphatic heterocycles. The Morgan fingerprint density at radius 1 is 1.28 bits per heavy atom. The fourth-order valence-electron chi connectivity index (χ4n) is 3.83. The minimum atomic E-state index is 0.1000. The number of aliphatic hydroxyl groups is 1. The fourth-order valence-corrected chi connectivity index (χ4v) is 3.83. The van der Waals surface area contributed by atoms with Crippen molar-refractivity contribution in [1.82, 2.24) is 19.9 Å². The first-order chi connectivity index (χ1) is 12.0. The van der Waals surface area contributed by atoms with Gasteiger partial charge >= 0.3 is 0 Å². The van der Waals surface area contributed by atoms with E-state index in [9.17, 15) is 9.90 Å². The number of amides is 1. The van der Waals surface area contributed by atoms with Gasteiger partial charge in [0.2, 0.25) is 5.91 Å². The van der Waals surface area contributed by atoms with E-state index in [2.05, 4.69) is 15.4 Å². The molecule has 2 N–H and O–H groups in total. The minimum Gasteiger partial charge on any atom is -0.396 e. The highest BCUT2D eigenvalue weighted by atomic mass is 16.3. The molecule has 1 fully saturated rings. The van der Waals surface area contributed by atoms with Crippen molar-refractivity contribution >= 4 is 11.6 Å². The number of hydrogen-bond donors (Lipinski definition) is 2. The molecule has 136 valence electrons. The summed E-state index contributed by atoms with van der Waals surface area (Å²) in [7, 11) is 0. The maximum Gasteiger partial charge on any atom is 0.220 e. The molecule has 1 amide bonds. The van der Waals surface area contributed by atoms with Crippen LogP contribution < -0.4 is 5.32 Å². The molecule has 0 spiro atoms. The number of carbonyl (C=O) groups is 1. The van der Waals surface area contributed by atoms with Crippen molar-refractivity contribution in [2.75, 3.05) is 6.61 Å². The highest BCUT2D eigenvalue weighted by Crippen LogP contribution is 2.24. The van der Waals surface area contributed by atoms with Gasteiger partial charge in [-0.3, -0.25) is 4.79 Å². The Kier molecular flexibility index (Phi) is 5.37. The van der Waals surface area contributed by atoms with Gasteiger partial charge in [-0.05, 0) is 64.4 Å². The van der Waals surface area contributed by atoms with Crippen LogP contribution in [0.15, 0.2) is 6.07 Å². The Morgan fingerprint density at radius 3 is 2.68 bits per heavy atom. The third kappa shape index (κ3) is 4.00. The number of aromatic nitrogens is 3. The highest BCUT2D eigenvalue weighted by molar-refractivity contribution is 5.76. The fraction of sp³-hybridized carbons (Fsp3) is 0.632. The van der Waals surface area contributed by atoms with Gasteiger partial charge in [0.15, 0.2) is 5.65 Å². The Balaban J connectivity index is 1.60. The second-order valence-electron chi connectivity index (χ2n) is 7.28. The van der Waals surface area contributed by atoms with Gasteiger partial charge in [0, 0.05) is 36.5 Å². The molecule has 1 aliphatic carbocycles. The van der Waals surface area contributed by atoms with Crippen LogP contribution in [-0.4, -0.2) is 38.3 Å². The predicted octanol–water partition coefficient (Wildman–Crippen LogP) is 2.25. The van der Waals surface area contributed by atoms with Crippen LogP contribution in [0, 0.1) is 26.7 Å². The van der Waals surface area contributed by atoms with Crippen molar-refractivity contribution in [3.63, 3.8) is 0 Å². The zero-order valence-electron chi connectivity index (χ0n) is 15.4. The minimum absolute atomic E-state index is 0.1000. The van der Waals surface area contributed by atoms with Gasteiger partial charge in [0.1, 0.15) is 0 Å². The van der Waals surface area contributed by atoms with Crippen molar-refractivity contribution < 1.29 is 9.90 Å². The molecule has 25 heavy (non-hydrogen) atoms. The molecule has 2 heterocycles. The molecule has 0 aromatic carbocycles. The van der Waals surface area contributed by atoms with Crippen molar-refractivity contribution in [2.24, 2.45) is 5.92 Å². The summed E-state index contributed by atoms with van der Waals surface area (Å²) in [6.45, 7) is 6.26. The molecule has 1 saturated carbocycles. The summed E-state index contributed by atoms with van der Waals surface area (Å²) in [5.74, 6) is 0.511. The summed E-state index contributed by atoms with van der Waals surface area (Å²) >= 11 is 0. The first kappa shape index (κ1) is 17.9. The molecule has 0 saturated heterocycles. The van der Waals surface area contributed by atoms with E-state index in [-0.39, 0.29) is 18.6 Å². The van der Waals surface area contributed by atoms with Gasteiger partial charge in [-0.2, -0.15) is 5.10 Å². The number of fused-ring (bicyclic) bond motifs is 1. The van der Waals surface area contributed by atoms with Crippen LogP contribution in [0.1, 0.15) is 54.7 Å². The lowest BCUT2D eigenvalue weighted by atomic mass is 9.86. The Bertz CT molecular complexity index is 760. The summed E-state index contributed by atoms with van der Waals surface area (Å²) < 4.78 is 1.87. The van der Waals surface area contributed by atoms with Gasteiger partial charge in [-0.15, -0.1) is 0 Å². The smallest absolute Gasteiger partial charge is 0.220 e. The molecule has 6 nitrogen and oxygen atoms in total. The second-order valence-corrected chi connectivity index (χ2v) is 7.28. The third-order valence-electron chi connectivity index (χ3n) is 5.36. The van der Waals surface area contributed by atoms with Crippen LogP contribution in [0.25, 0.3) is 5.65 Å². The molecule has 2 aromatic rings. The number of aryl methyl sites for hydroxylation is 3. The second kappa shape index (κ2) is 7.52. The lowest BCUT2D eigenvalue weighted by molar-refractivity contribution is -0.122. The number of rotatable bonds is 5. The van der Waals surface area contributed by atoms with Crippen LogP contribution in [0.3, 0.4) is 0 Å². The topological polar surface area (TPSA) is 79.5 Å². The van der Waals surface area contributed by atoms with E-state index in [1.54, 1.807) is 0 Å². The van der Waals surface area contributed by atoms with Crippen LogP contribution >= 0.6 is 0 Å². The van der Waals surface area contributed by atoms with Crippen LogP contribution in [0.4, 0.5) is 0 Å². The normalized spacial score (nSPS) is 20.8. The van der Waals surface area contributed by atoms with Crippen LogP contribution in [0.5, 0.6) is 0 Å². The largest absolute Gasteiger partial charge is 0.396 e. The Hall–Kier alpha value is -1.95. The summed E-state index contributed by atoms with van der Waals surface area (Å²) in [6, 6.07) is 2.23. The van der Waals surface area contributed by atoms with E-state index < -0.39 is 0 Å². The standard InChI is InChI=1S/C19H28N4O2/c1-12-10-18-20-13(2)17(14(3)23(18)22-12)8-9-19(25)21-16-6-4-15(11-24)5-7-16/h10,15-16,24H,4-9,11H2,1-3H3,(H,21,25). The number of carbonyl (C=O) groups excluding carboxylic acids is 1. The van der Waals surface area contributed by atoms with E-state index in [0.717, 1.165) is 54.0 Å². The van der Waals surface area contributed by atoms with E-state index >= 15 is 0 Å². The number of aliphatic hydroxyl groups excluding tert-OH is 1. The van der Waals surface area contributed by atoms with Gasteiger partial charge in [-0.1, -0.05) is 0 Å². The SMILES string of the molecule is Cc1cc2nc(C)c(CCC(=O)NC3CCC(CO)CC3)c(C)n2n1. The summed E-state index contributed by atoms with van der Waals surface area (Å²) in [5, 5.41) is 16.8.